The molecule has 3 nitrogen and oxygen atoms in total. The third-order valence-corrected chi connectivity index (χ3v) is 3.84. The number of nitrogens with zero attached hydrogens (tertiary/aromatic N) is 1. The minimum Gasteiger partial charge on any atom is -0.488 e. The SMILES string of the molecule is CCCc1nc(C)c(COc2ccc(N)cc2)s1. The molecule has 0 aliphatic rings. The first-order chi connectivity index (χ1) is 8.69. The largest absolute Gasteiger partial charge is 0.488 e. The molecular weight excluding hydrogens is 244 g/mol. The van der Waals surface area contributed by atoms with E-state index in [2.05, 4.69) is 11.9 Å². The second-order valence-electron chi connectivity index (χ2n) is 4.22. The molecule has 2 N–H and O–H groups in total. The molecule has 0 saturated heterocycles. The van der Waals surface area contributed by atoms with E-state index in [9.17, 15) is 0 Å². The number of aryl methyl sites for hydroxylation is 2. The maximum atomic E-state index is 5.73. The van der Waals surface area contributed by atoms with Gasteiger partial charge in [0.1, 0.15) is 12.4 Å². The Balaban J connectivity index is 1.99. The number of aromatic nitrogens is 1. The molecule has 1 aromatic heterocycles. The molecule has 0 unspecified atom stereocenters. The van der Waals surface area contributed by atoms with Gasteiger partial charge >= 0.3 is 0 Å². The predicted octanol–water partition coefficient (Wildman–Crippen LogP) is 3.57. The summed E-state index contributed by atoms with van der Waals surface area (Å²) < 4.78 is 5.73. The molecule has 1 heterocycles. The Bertz CT molecular complexity index is 505. The van der Waals surface area contributed by atoms with Gasteiger partial charge < -0.3 is 10.5 Å². The number of thiazole rings is 1. The van der Waals surface area contributed by atoms with Gasteiger partial charge in [0.05, 0.1) is 15.6 Å². The summed E-state index contributed by atoms with van der Waals surface area (Å²) in [4.78, 5) is 5.75. The highest BCUT2D eigenvalue weighted by Gasteiger charge is 2.07. The summed E-state index contributed by atoms with van der Waals surface area (Å²) in [7, 11) is 0. The van der Waals surface area contributed by atoms with Crippen molar-refractivity contribution >= 4 is 17.0 Å². The van der Waals surface area contributed by atoms with Gasteiger partial charge in [-0.25, -0.2) is 4.98 Å². The molecule has 18 heavy (non-hydrogen) atoms. The van der Waals surface area contributed by atoms with Gasteiger partial charge in [-0.3, -0.25) is 0 Å². The second kappa shape index (κ2) is 5.87. The number of rotatable bonds is 5. The monoisotopic (exact) mass is 262 g/mol. The van der Waals surface area contributed by atoms with E-state index in [1.54, 1.807) is 11.3 Å². The summed E-state index contributed by atoms with van der Waals surface area (Å²) in [6, 6.07) is 7.46. The molecule has 0 amide bonds. The lowest BCUT2D eigenvalue weighted by Crippen LogP contribution is -1.95. The Morgan fingerprint density at radius 3 is 2.67 bits per heavy atom. The first-order valence-electron chi connectivity index (χ1n) is 6.12. The molecule has 0 aliphatic heterocycles. The fraction of sp³-hybridized carbons (Fsp3) is 0.357. The van der Waals surface area contributed by atoms with Crippen LogP contribution in [-0.4, -0.2) is 4.98 Å². The van der Waals surface area contributed by atoms with Crippen molar-refractivity contribution < 1.29 is 4.74 Å². The average molecular weight is 262 g/mol. The molecule has 0 spiro atoms. The zero-order valence-electron chi connectivity index (χ0n) is 10.8. The van der Waals surface area contributed by atoms with E-state index in [0.717, 1.165) is 30.0 Å². The van der Waals surface area contributed by atoms with Crippen LogP contribution in [0.2, 0.25) is 0 Å². The van der Waals surface area contributed by atoms with Crippen LogP contribution in [0.4, 0.5) is 5.69 Å². The lowest BCUT2D eigenvalue weighted by atomic mass is 10.3. The Labute approximate surface area is 112 Å². The second-order valence-corrected chi connectivity index (χ2v) is 5.39. The highest BCUT2D eigenvalue weighted by molar-refractivity contribution is 7.11. The molecular formula is C14H18N2OS. The van der Waals surface area contributed by atoms with E-state index >= 15 is 0 Å². The van der Waals surface area contributed by atoms with Crippen molar-refractivity contribution in [1.82, 2.24) is 4.98 Å². The number of hydrogen-bond acceptors (Lipinski definition) is 4. The van der Waals surface area contributed by atoms with Gasteiger partial charge in [0, 0.05) is 5.69 Å². The van der Waals surface area contributed by atoms with Crippen LogP contribution in [0.3, 0.4) is 0 Å². The van der Waals surface area contributed by atoms with Crippen molar-refractivity contribution in [1.29, 1.82) is 0 Å². The zero-order valence-corrected chi connectivity index (χ0v) is 11.6. The minimum atomic E-state index is 0.580. The summed E-state index contributed by atoms with van der Waals surface area (Å²) in [6.45, 7) is 4.79. The Morgan fingerprint density at radius 1 is 1.28 bits per heavy atom. The third kappa shape index (κ3) is 3.23. The molecule has 4 heteroatoms. The maximum Gasteiger partial charge on any atom is 0.124 e. The van der Waals surface area contributed by atoms with Crippen LogP contribution in [0.15, 0.2) is 24.3 Å². The smallest absolute Gasteiger partial charge is 0.124 e. The van der Waals surface area contributed by atoms with Gasteiger partial charge in [-0.05, 0) is 44.0 Å². The quantitative estimate of drug-likeness (QED) is 0.838. The van der Waals surface area contributed by atoms with E-state index in [4.69, 9.17) is 10.5 Å². The molecule has 0 fully saturated rings. The lowest BCUT2D eigenvalue weighted by Gasteiger charge is -2.04. The van der Waals surface area contributed by atoms with E-state index < -0.39 is 0 Å². The van der Waals surface area contributed by atoms with Gasteiger partial charge in [0.25, 0.3) is 0 Å². The van der Waals surface area contributed by atoms with Crippen molar-refractivity contribution in [2.45, 2.75) is 33.3 Å². The predicted molar refractivity (Wildman–Crippen MR) is 76.0 cm³/mol. The Hall–Kier alpha value is -1.55. The van der Waals surface area contributed by atoms with E-state index in [1.165, 1.54) is 9.88 Å². The molecule has 96 valence electrons. The summed E-state index contributed by atoms with van der Waals surface area (Å²) in [5.74, 6) is 0.842. The van der Waals surface area contributed by atoms with Crippen LogP contribution in [0.5, 0.6) is 5.75 Å². The van der Waals surface area contributed by atoms with Crippen molar-refractivity contribution in [2.75, 3.05) is 5.73 Å². The molecule has 1 aromatic carbocycles. The number of benzene rings is 1. The first-order valence-corrected chi connectivity index (χ1v) is 6.94. The third-order valence-electron chi connectivity index (χ3n) is 2.65. The normalized spacial score (nSPS) is 10.6. The van der Waals surface area contributed by atoms with E-state index in [0.29, 0.717) is 6.61 Å². The van der Waals surface area contributed by atoms with Crippen molar-refractivity contribution in [3.8, 4) is 5.75 Å². The fourth-order valence-corrected chi connectivity index (χ4v) is 2.74. The maximum absolute atomic E-state index is 5.73. The number of nitrogen functional groups attached to an aromatic ring is 1. The summed E-state index contributed by atoms with van der Waals surface area (Å²) in [5.41, 5.74) is 7.46. The standard InChI is InChI=1S/C14H18N2OS/c1-3-4-14-16-10(2)13(18-14)9-17-12-7-5-11(15)6-8-12/h5-8H,3-4,9,15H2,1-2H3. The topological polar surface area (TPSA) is 48.1 Å². The highest BCUT2D eigenvalue weighted by Crippen LogP contribution is 2.22. The molecule has 0 saturated carbocycles. The van der Waals surface area contributed by atoms with Gasteiger partial charge in [0.2, 0.25) is 0 Å². The van der Waals surface area contributed by atoms with Crippen LogP contribution in [0.25, 0.3) is 0 Å². The highest BCUT2D eigenvalue weighted by atomic mass is 32.1. The molecule has 0 aliphatic carbocycles. The van der Waals surface area contributed by atoms with E-state index in [1.807, 2.05) is 31.2 Å². The van der Waals surface area contributed by atoms with Crippen LogP contribution in [-0.2, 0) is 13.0 Å². The fourth-order valence-electron chi connectivity index (χ4n) is 1.66. The van der Waals surface area contributed by atoms with Crippen LogP contribution >= 0.6 is 11.3 Å². The zero-order chi connectivity index (χ0) is 13.0. The number of ether oxygens (including phenoxy) is 1. The number of anilines is 1. The van der Waals surface area contributed by atoms with Crippen LogP contribution in [0, 0.1) is 6.92 Å². The van der Waals surface area contributed by atoms with Crippen LogP contribution in [0.1, 0.15) is 28.9 Å². The molecule has 0 bridgehead atoms. The van der Waals surface area contributed by atoms with Crippen molar-refractivity contribution in [2.24, 2.45) is 0 Å². The summed E-state index contributed by atoms with van der Waals surface area (Å²) in [5, 5.41) is 1.20. The van der Waals surface area contributed by atoms with Crippen LogP contribution < -0.4 is 10.5 Å². The molecule has 2 aromatic rings. The lowest BCUT2D eigenvalue weighted by molar-refractivity contribution is 0.309. The first kappa shape index (κ1) is 12.9. The number of nitrogens with two attached hydrogens (primary N) is 1. The minimum absolute atomic E-state index is 0.580. The molecule has 2 rings (SSSR count). The van der Waals surface area contributed by atoms with Gasteiger partial charge in [-0.1, -0.05) is 6.92 Å². The van der Waals surface area contributed by atoms with E-state index in [-0.39, 0.29) is 0 Å². The van der Waals surface area contributed by atoms with Crippen molar-refractivity contribution in [3.63, 3.8) is 0 Å². The summed E-state index contributed by atoms with van der Waals surface area (Å²) in [6.07, 6.45) is 2.18. The molecule has 0 atom stereocenters. The summed E-state index contributed by atoms with van der Waals surface area (Å²) >= 11 is 1.75. The van der Waals surface area contributed by atoms with Crippen molar-refractivity contribution in [3.05, 3.63) is 39.8 Å². The molecule has 0 radical (unpaired) electrons. The number of hydrogen-bond donors (Lipinski definition) is 1. The van der Waals surface area contributed by atoms with Gasteiger partial charge in [-0.2, -0.15) is 0 Å². The van der Waals surface area contributed by atoms with Gasteiger partial charge in [-0.15, -0.1) is 11.3 Å². The average Bonchev–Trinajstić information content (AvgIpc) is 2.70. The Kier molecular flexibility index (Phi) is 4.20. The van der Waals surface area contributed by atoms with Gasteiger partial charge in [0.15, 0.2) is 0 Å². The Morgan fingerprint density at radius 2 is 2.00 bits per heavy atom.